The summed E-state index contributed by atoms with van der Waals surface area (Å²) in [6.45, 7) is 7.80. The number of hydrogen-bond donors (Lipinski definition) is 4. The SMILES string of the molecule is CCC1CN(C)C2=C(N[C@@](N)(Nc3cc4c(cc3OC)CCCN4C(=O)CN3CCN(C)CC3)NC2=O)N1C1CCCC1. The number of nitrogens with two attached hydrogens (primary N) is 1. The fraction of sp³-hybridized carbons (Fsp3) is 0.677. The maximum absolute atomic E-state index is 13.6. The molecule has 2 fully saturated rings. The first-order chi connectivity index (χ1) is 20.7. The van der Waals surface area contributed by atoms with Crippen molar-refractivity contribution in [1.82, 2.24) is 30.2 Å². The second-order valence-corrected chi connectivity index (χ2v) is 12.9. The highest BCUT2D eigenvalue weighted by Crippen LogP contribution is 2.39. The van der Waals surface area contributed by atoms with Crippen LogP contribution < -0.4 is 31.3 Å². The smallest absolute Gasteiger partial charge is 0.275 e. The third-order valence-electron chi connectivity index (χ3n) is 9.88. The normalized spacial score (nSPS) is 27.0. The van der Waals surface area contributed by atoms with Crippen LogP contribution in [0.1, 0.15) is 51.0 Å². The Morgan fingerprint density at radius 3 is 2.53 bits per heavy atom. The highest BCUT2D eigenvalue weighted by Gasteiger charge is 2.46. The fourth-order valence-electron chi connectivity index (χ4n) is 7.52. The molecule has 4 aliphatic heterocycles. The summed E-state index contributed by atoms with van der Waals surface area (Å²) in [5.41, 5.74) is 10.1. The molecule has 1 aliphatic carbocycles. The van der Waals surface area contributed by atoms with Gasteiger partial charge in [0.1, 0.15) is 17.3 Å². The van der Waals surface area contributed by atoms with Crippen LogP contribution in [0.5, 0.6) is 5.75 Å². The van der Waals surface area contributed by atoms with E-state index in [1.54, 1.807) is 7.11 Å². The maximum Gasteiger partial charge on any atom is 0.275 e. The number of amides is 2. The van der Waals surface area contributed by atoms with E-state index >= 15 is 0 Å². The lowest BCUT2D eigenvalue weighted by Gasteiger charge is -2.52. The minimum Gasteiger partial charge on any atom is -0.495 e. The van der Waals surface area contributed by atoms with Gasteiger partial charge in [0.2, 0.25) is 11.8 Å². The predicted octanol–water partition coefficient (Wildman–Crippen LogP) is 1.06. The van der Waals surface area contributed by atoms with Gasteiger partial charge in [-0.2, -0.15) is 0 Å². The molecule has 0 spiro atoms. The Hall–Kier alpha value is -3.22. The van der Waals surface area contributed by atoms with E-state index < -0.39 is 5.91 Å². The third-order valence-corrected chi connectivity index (χ3v) is 9.88. The molecule has 0 aromatic heterocycles. The van der Waals surface area contributed by atoms with Gasteiger partial charge in [0.05, 0.1) is 19.3 Å². The molecule has 5 aliphatic rings. The summed E-state index contributed by atoms with van der Waals surface area (Å²) in [6, 6.07) is 4.62. The summed E-state index contributed by atoms with van der Waals surface area (Å²) in [5.74, 6) is -0.177. The quantitative estimate of drug-likeness (QED) is 0.341. The van der Waals surface area contributed by atoms with Crippen LogP contribution in [0.3, 0.4) is 0 Å². The molecule has 1 saturated carbocycles. The molecule has 236 valence electrons. The lowest BCUT2D eigenvalue weighted by molar-refractivity contribution is -0.123. The van der Waals surface area contributed by atoms with E-state index in [2.05, 4.69) is 44.6 Å². The molecule has 12 nitrogen and oxygen atoms in total. The zero-order valence-electron chi connectivity index (χ0n) is 26.2. The molecule has 12 heteroatoms. The van der Waals surface area contributed by atoms with E-state index in [-0.39, 0.29) is 17.9 Å². The van der Waals surface area contributed by atoms with Crippen LogP contribution in [-0.4, -0.2) is 116 Å². The van der Waals surface area contributed by atoms with Gasteiger partial charge in [-0.3, -0.25) is 25.5 Å². The third kappa shape index (κ3) is 5.84. The molecule has 5 N–H and O–H groups in total. The van der Waals surface area contributed by atoms with Crippen molar-refractivity contribution >= 4 is 23.2 Å². The van der Waals surface area contributed by atoms with Gasteiger partial charge in [-0.1, -0.05) is 19.8 Å². The van der Waals surface area contributed by atoms with Crippen molar-refractivity contribution in [3.05, 3.63) is 29.2 Å². The number of nitrogens with one attached hydrogen (secondary N) is 3. The molecule has 0 bridgehead atoms. The van der Waals surface area contributed by atoms with Crippen LogP contribution in [0.15, 0.2) is 23.7 Å². The molecule has 1 aromatic rings. The number of aryl methyl sites for hydroxylation is 1. The first-order valence-corrected chi connectivity index (χ1v) is 16.0. The highest BCUT2D eigenvalue weighted by atomic mass is 16.5. The first kappa shape index (κ1) is 29.8. The molecule has 4 heterocycles. The number of fused-ring (bicyclic) bond motifs is 1. The van der Waals surface area contributed by atoms with Crippen LogP contribution in [0.2, 0.25) is 0 Å². The molecule has 1 saturated heterocycles. The van der Waals surface area contributed by atoms with Crippen molar-refractivity contribution in [3.63, 3.8) is 0 Å². The maximum atomic E-state index is 13.6. The van der Waals surface area contributed by atoms with Crippen LogP contribution >= 0.6 is 0 Å². The van der Waals surface area contributed by atoms with E-state index in [0.717, 1.165) is 81.9 Å². The number of nitrogens with zero attached hydrogens (tertiary/aromatic N) is 5. The van der Waals surface area contributed by atoms with Crippen LogP contribution in [0.4, 0.5) is 11.4 Å². The number of likely N-dealkylation sites (N-methyl/N-ethyl adjacent to an activating group) is 2. The standard InChI is InChI=1S/C31H49N9O3/c1-5-22-19-37(3)28-29(40(22)23-10-6-7-11-23)34-31(32,35-30(28)42)33-24-18-25-21(17-26(24)43-4)9-8-12-39(25)27(41)20-38-15-13-36(2)14-16-38/h17-18,22-23,33-34H,5-16,19-20,32H2,1-4H3,(H,35,42)/t22?,31-/m1/s1. The predicted molar refractivity (Wildman–Crippen MR) is 167 cm³/mol. The van der Waals surface area contributed by atoms with Crippen molar-refractivity contribution in [1.29, 1.82) is 0 Å². The molecule has 2 amide bonds. The van der Waals surface area contributed by atoms with Gasteiger partial charge in [0.25, 0.3) is 5.91 Å². The Morgan fingerprint density at radius 1 is 1.09 bits per heavy atom. The Bertz CT molecular complexity index is 1260. The van der Waals surface area contributed by atoms with E-state index in [1.807, 2.05) is 29.0 Å². The average molecular weight is 596 g/mol. The van der Waals surface area contributed by atoms with Gasteiger partial charge in [-0.25, -0.2) is 0 Å². The van der Waals surface area contributed by atoms with Gasteiger partial charge in [-0.15, -0.1) is 0 Å². The lowest BCUT2D eigenvalue weighted by atomic mass is 10.00. The van der Waals surface area contributed by atoms with Crippen molar-refractivity contribution in [2.24, 2.45) is 5.73 Å². The molecular weight excluding hydrogens is 546 g/mol. The number of benzene rings is 1. The number of ether oxygens (including phenoxy) is 1. The minimum atomic E-state index is -1.46. The first-order valence-electron chi connectivity index (χ1n) is 16.0. The number of carbonyl (C=O) groups is 2. The molecule has 0 radical (unpaired) electrons. The number of carbonyl (C=O) groups excluding carboxylic acids is 2. The Morgan fingerprint density at radius 2 is 1.84 bits per heavy atom. The summed E-state index contributed by atoms with van der Waals surface area (Å²) < 4.78 is 5.81. The van der Waals surface area contributed by atoms with E-state index in [0.29, 0.717) is 36.3 Å². The number of piperazine rings is 1. The van der Waals surface area contributed by atoms with Crippen molar-refractivity contribution in [3.8, 4) is 5.75 Å². The van der Waals surface area contributed by atoms with Crippen molar-refractivity contribution < 1.29 is 14.3 Å². The summed E-state index contributed by atoms with van der Waals surface area (Å²) in [7, 11) is 5.73. The van der Waals surface area contributed by atoms with Gasteiger partial charge < -0.3 is 35.0 Å². The zero-order valence-corrected chi connectivity index (χ0v) is 26.2. The number of methoxy groups -OCH3 is 1. The number of anilines is 2. The van der Waals surface area contributed by atoms with Gasteiger partial charge >= 0.3 is 0 Å². The van der Waals surface area contributed by atoms with E-state index in [4.69, 9.17) is 10.5 Å². The second-order valence-electron chi connectivity index (χ2n) is 12.9. The Labute approximate surface area is 255 Å². The van der Waals surface area contributed by atoms with Gasteiger partial charge in [-0.05, 0) is 56.8 Å². The zero-order chi connectivity index (χ0) is 30.3. The fourth-order valence-corrected chi connectivity index (χ4v) is 7.52. The summed E-state index contributed by atoms with van der Waals surface area (Å²) in [5, 5.41) is 9.86. The summed E-state index contributed by atoms with van der Waals surface area (Å²) >= 11 is 0. The Kier molecular flexibility index (Phi) is 8.36. The Balaban J connectivity index is 1.28. The average Bonchev–Trinajstić information content (AvgIpc) is 3.51. The van der Waals surface area contributed by atoms with Crippen LogP contribution in [-0.2, 0) is 16.0 Å². The minimum absolute atomic E-state index is 0.103. The van der Waals surface area contributed by atoms with Gasteiger partial charge in [0, 0.05) is 64.1 Å². The topological polar surface area (TPSA) is 122 Å². The van der Waals surface area contributed by atoms with Crippen molar-refractivity contribution in [2.45, 2.75) is 69.9 Å². The molecular formula is C31H49N9O3. The largest absolute Gasteiger partial charge is 0.495 e. The molecule has 1 unspecified atom stereocenters. The summed E-state index contributed by atoms with van der Waals surface area (Å²) in [4.78, 5) is 38.1. The monoisotopic (exact) mass is 595 g/mol. The van der Waals surface area contributed by atoms with Gasteiger partial charge in [0.15, 0.2) is 0 Å². The molecule has 43 heavy (non-hydrogen) atoms. The van der Waals surface area contributed by atoms with Crippen LogP contribution in [0.25, 0.3) is 0 Å². The second kappa shape index (κ2) is 12.0. The number of hydrogen-bond acceptors (Lipinski definition) is 10. The van der Waals surface area contributed by atoms with Crippen LogP contribution in [0, 0.1) is 0 Å². The number of rotatable bonds is 7. The highest BCUT2D eigenvalue weighted by molar-refractivity contribution is 5.97. The molecule has 1 aromatic carbocycles. The molecule has 2 atom stereocenters. The van der Waals surface area contributed by atoms with Crippen molar-refractivity contribution in [2.75, 3.05) is 77.2 Å². The summed E-state index contributed by atoms with van der Waals surface area (Å²) in [6.07, 6.45) is 7.36. The van der Waals surface area contributed by atoms with E-state index in [9.17, 15) is 9.59 Å². The molecule has 6 rings (SSSR count). The van der Waals surface area contributed by atoms with E-state index in [1.165, 1.54) is 12.8 Å². The lowest BCUT2D eigenvalue weighted by Crippen LogP contribution is -2.76.